The van der Waals surface area contributed by atoms with Crippen LogP contribution in [0.4, 0.5) is 4.39 Å². The molecule has 0 saturated heterocycles. The molecule has 0 N–H and O–H groups in total. The van der Waals surface area contributed by atoms with Crippen molar-refractivity contribution < 1.29 is 9.18 Å². The lowest BCUT2D eigenvalue weighted by atomic mass is 10.7. The normalized spacial score (nSPS) is 9.86. The first kappa shape index (κ1) is 6.69. The van der Waals surface area contributed by atoms with E-state index in [0.717, 1.165) is 11.8 Å². The molecule has 3 heteroatoms. The second kappa shape index (κ2) is 5.69. The molecule has 0 aromatic heterocycles. The molecule has 0 unspecified atom stereocenters. The van der Waals surface area contributed by atoms with Crippen molar-refractivity contribution in [2.45, 2.75) is 0 Å². The van der Waals surface area contributed by atoms with Gasteiger partial charge in [0.15, 0.2) is 5.62 Å². The summed E-state index contributed by atoms with van der Waals surface area (Å²) >= 11 is 1.03. The summed E-state index contributed by atoms with van der Waals surface area (Å²) < 4.78 is 11.0. The Morgan fingerprint density at radius 3 is 2.86 bits per heavy atom. The van der Waals surface area contributed by atoms with Gasteiger partial charge in [0.25, 0.3) is 0 Å². The van der Waals surface area contributed by atoms with Crippen LogP contribution in [0.25, 0.3) is 0 Å². The summed E-state index contributed by atoms with van der Waals surface area (Å²) in [7, 11) is 0. The topological polar surface area (TPSA) is 17.1 Å². The minimum Gasteiger partial charge on any atom is -0.291 e. The lowest BCUT2D eigenvalue weighted by Gasteiger charge is -1.74. The minimum absolute atomic E-state index is 0.427. The van der Waals surface area contributed by atoms with Crippen molar-refractivity contribution in [1.82, 2.24) is 0 Å². The summed E-state index contributed by atoms with van der Waals surface area (Å²) in [6.45, 7) is 0. The van der Waals surface area contributed by atoms with Gasteiger partial charge in [0.05, 0.1) is 6.33 Å². The lowest BCUT2D eigenvalue weighted by Crippen LogP contribution is -1.65. The van der Waals surface area contributed by atoms with E-state index in [9.17, 15) is 9.18 Å². The molecule has 0 aromatic carbocycles. The monoisotopic (exact) mass is 120 g/mol. The second-order valence-electron chi connectivity index (χ2n) is 0.791. The Morgan fingerprint density at radius 2 is 2.43 bits per heavy atom. The predicted octanol–water partition coefficient (Wildman–Crippen LogP) is 1.39. The van der Waals surface area contributed by atoms with Crippen LogP contribution in [0.5, 0.6) is 0 Å². The second-order valence-corrected chi connectivity index (χ2v) is 1.65. The summed E-state index contributed by atoms with van der Waals surface area (Å²) in [5, 5.41) is 0. The largest absolute Gasteiger partial charge is 0.291 e. The zero-order valence-electron chi connectivity index (χ0n) is 3.63. The van der Waals surface area contributed by atoms with Gasteiger partial charge in [0.2, 0.25) is 0 Å². The molecule has 40 valence electrons. The fourth-order valence-corrected chi connectivity index (χ4v) is 0.394. The van der Waals surface area contributed by atoms with Crippen LogP contribution in [0.15, 0.2) is 12.4 Å². The van der Waals surface area contributed by atoms with E-state index in [4.69, 9.17) is 0 Å². The van der Waals surface area contributed by atoms with E-state index in [1.165, 1.54) is 6.08 Å². The molecule has 0 aliphatic carbocycles. The van der Waals surface area contributed by atoms with Gasteiger partial charge in [-0.2, -0.15) is 0 Å². The molecular weight excluding hydrogens is 115 g/mol. The molecule has 0 aromatic rings. The zero-order valence-corrected chi connectivity index (χ0v) is 4.45. The van der Waals surface area contributed by atoms with Crippen LogP contribution in [-0.2, 0) is 4.79 Å². The summed E-state index contributed by atoms with van der Waals surface area (Å²) in [5.74, 6) is 0.431. The molecule has 0 heterocycles. The summed E-state index contributed by atoms with van der Waals surface area (Å²) in [4.78, 5) is 9.49. The van der Waals surface area contributed by atoms with E-state index in [0.29, 0.717) is 17.7 Å². The standard InChI is InChI=1S/C4H5FOS/c5-2-1-3-7-4-6/h1-2,4H,3H2. The number of thioether (sulfide) groups is 1. The van der Waals surface area contributed by atoms with Crippen LogP contribution in [0.3, 0.4) is 0 Å². The molecule has 1 nitrogen and oxygen atoms in total. The highest BCUT2D eigenvalue weighted by atomic mass is 32.2. The van der Waals surface area contributed by atoms with Gasteiger partial charge in [-0.25, -0.2) is 4.39 Å². The van der Waals surface area contributed by atoms with Crippen LogP contribution in [-0.4, -0.2) is 11.4 Å². The molecule has 0 amide bonds. The van der Waals surface area contributed by atoms with Crippen molar-refractivity contribution in [3.8, 4) is 0 Å². The quantitative estimate of drug-likeness (QED) is 0.413. The third-order valence-electron chi connectivity index (χ3n) is 0.350. The first-order valence-electron chi connectivity index (χ1n) is 1.72. The van der Waals surface area contributed by atoms with Crippen LogP contribution in [0, 0.1) is 0 Å². The average Bonchev–Trinajstić information content (AvgIpc) is 1.69. The Balaban J connectivity index is 2.82. The molecule has 0 rings (SSSR count). The van der Waals surface area contributed by atoms with Crippen molar-refractivity contribution in [2.24, 2.45) is 0 Å². The maximum absolute atomic E-state index is 11.0. The van der Waals surface area contributed by atoms with Crippen LogP contribution in [0.1, 0.15) is 0 Å². The van der Waals surface area contributed by atoms with E-state index in [-0.39, 0.29) is 0 Å². The summed E-state index contributed by atoms with van der Waals surface area (Å²) in [6, 6.07) is 0. The number of hydrogen-bond donors (Lipinski definition) is 0. The third-order valence-corrected chi connectivity index (χ3v) is 0.871. The van der Waals surface area contributed by atoms with Crippen molar-refractivity contribution in [3.05, 3.63) is 12.4 Å². The van der Waals surface area contributed by atoms with Gasteiger partial charge in [-0.3, -0.25) is 4.79 Å². The molecule has 0 atom stereocenters. The predicted molar refractivity (Wildman–Crippen MR) is 29.5 cm³/mol. The van der Waals surface area contributed by atoms with Gasteiger partial charge in [-0.1, -0.05) is 11.8 Å². The van der Waals surface area contributed by atoms with Gasteiger partial charge in [0, 0.05) is 5.75 Å². The van der Waals surface area contributed by atoms with Gasteiger partial charge in [-0.05, 0) is 6.08 Å². The number of carbonyl (C=O) groups is 1. The van der Waals surface area contributed by atoms with E-state index in [1.807, 2.05) is 0 Å². The van der Waals surface area contributed by atoms with E-state index < -0.39 is 0 Å². The Labute approximate surface area is 45.6 Å². The number of halogens is 1. The molecule has 0 bridgehead atoms. The Kier molecular flexibility index (Phi) is 5.44. The average molecular weight is 120 g/mol. The number of rotatable bonds is 3. The molecule has 0 aliphatic rings. The number of carbonyl (C=O) groups excluding carboxylic acids is 1. The van der Waals surface area contributed by atoms with Crippen LogP contribution >= 0.6 is 11.8 Å². The Bertz CT molecular complexity index is 72.1. The maximum Gasteiger partial charge on any atom is 0.176 e. The fourth-order valence-electron chi connectivity index (χ4n) is 0.131. The van der Waals surface area contributed by atoms with E-state index >= 15 is 0 Å². The molecule has 0 spiro atoms. The first-order chi connectivity index (χ1) is 3.41. The Hall–Kier alpha value is -0.310. The minimum atomic E-state index is 0.427. The van der Waals surface area contributed by atoms with Crippen molar-refractivity contribution in [2.75, 3.05) is 5.75 Å². The highest BCUT2D eigenvalue weighted by molar-refractivity contribution is 8.11. The lowest BCUT2D eigenvalue weighted by molar-refractivity contribution is 0.570. The molecule has 0 fully saturated rings. The van der Waals surface area contributed by atoms with Crippen molar-refractivity contribution >= 4 is 17.4 Å². The van der Waals surface area contributed by atoms with E-state index in [2.05, 4.69) is 0 Å². The fraction of sp³-hybridized carbons (Fsp3) is 0.250. The molecule has 0 radical (unpaired) electrons. The number of hydrogen-bond acceptors (Lipinski definition) is 2. The van der Waals surface area contributed by atoms with Gasteiger partial charge in [-0.15, -0.1) is 0 Å². The Morgan fingerprint density at radius 1 is 1.71 bits per heavy atom. The molecule has 0 aliphatic heterocycles. The van der Waals surface area contributed by atoms with Gasteiger partial charge in [0.1, 0.15) is 0 Å². The molecule has 0 saturated carbocycles. The highest BCUT2D eigenvalue weighted by Crippen LogP contribution is 1.91. The van der Waals surface area contributed by atoms with Crippen LogP contribution in [0.2, 0.25) is 0 Å². The highest BCUT2D eigenvalue weighted by Gasteiger charge is 1.73. The zero-order chi connectivity index (χ0) is 5.54. The SMILES string of the molecule is O=CSCC=CF. The molecule has 7 heavy (non-hydrogen) atoms. The van der Waals surface area contributed by atoms with Gasteiger partial charge < -0.3 is 0 Å². The maximum atomic E-state index is 11.0. The third kappa shape index (κ3) is 5.69. The van der Waals surface area contributed by atoms with Crippen LogP contribution < -0.4 is 0 Å². The molecular formula is C4H5FOS. The van der Waals surface area contributed by atoms with E-state index in [1.54, 1.807) is 0 Å². The van der Waals surface area contributed by atoms with Gasteiger partial charge >= 0.3 is 0 Å². The smallest absolute Gasteiger partial charge is 0.176 e. The summed E-state index contributed by atoms with van der Waals surface area (Å²) in [6.07, 6.45) is 1.70. The van der Waals surface area contributed by atoms with Crippen molar-refractivity contribution in [1.29, 1.82) is 0 Å². The first-order valence-corrected chi connectivity index (χ1v) is 2.77. The van der Waals surface area contributed by atoms with Crippen molar-refractivity contribution in [3.63, 3.8) is 0 Å². The summed E-state index contributed by atoms with van der Waals surface area (Å²) in [5.41, 5.74) is 0.681.